The van der Waals surface area contributed by atoms with Gasteiger partial charge in [-0.25, -0.2) is 0 Å². The summed E-state index contributed by atoms with van der Waals surface area (Å²) in [7, 11) is 0. The molecule has 3 nitrogen and oxygen atoms in total. The molecule has 1 aliphatic rings. The van der Waals surface area contributed by atoms with Crippen molar-refractivity contribution in [3.05, 3.63) is 0 Å². The molecule has 1 saturated heterocycles. The topological polar surface area (TPSA) is 38.5 Å². The van der Waals surface area contributed by atoms with E-state index >= 15 is 0 Å². The Morgan fingerprint density at radius 3 is 2.53 bits per heavy atom. The van der Waals surface area contributed by atoms with E-state index in [1.54, 1.807) is 0 Å². The summed E-state index contributed by atoms with van der Waals surface area (Å²) >= 11 is 0. The van der Waals surface area contributed by atoms with E-state index in [1.807, 2.05) is 0 Å². The van der Waals surface area contributed by atoms with Crippen molar-refractivity contribution in [3.63, 3.8) is 0 Å². The fourth-order valence-corrected chi connectivity index (χ4v) is 2.39. The van der Waals surface area contributed by atoms with Crippen LogP contribution in [0.3, 0.4) is 0 Å². The summed E-state index contributed by atoms with van der Waals surface area (Å²) in [5, 5.41) is 0. The first-order valence-corrected chi connectivity index (χ1v) is 6.37. The summed E-state index contributed by atoms with van der Waals surface area (Å²) in [5.74, 6) is 0. The second kappa shape index (κ2) is 7.20. The first-order valence-electron chi connectivity index (χ1n) is 6.37. The van der Waals surface area contributed by atoms with Crippen molar-refractivity contribution in [2.75, 3.05) is 26.2 Å². The second-order valence-electron chi connectivity index (χ2n) is 4.45. The lowest BCUT2D eigenvalue weighted by Crippen LogP contribution is -2.49. The molecular weight excluding hydrogens is 188 g/mol. The van der Waals surface area contributed by atoms with Gasteiger partial charge in [-0.15, -0.1) is 0 Å². The largest absolute Gasteiger partial charge is 0.374 e. The Morgan fingerprint density at radius 2 is 2.00 bits per heavy atom. The van der Waals surface area contributed by atoms with Gasteiger partial charge in [-0.2, -0.15) is 0 Å². The Kier molecular flexibility index (Phi) is 6.22. The lowest BCUT2D eigenvalue weighted by molar-refractivity contribution is -0.0409. The molecule has 1 atom stereocenters. The second-order valence-corrected chi connectivity index (χ2v) is 4.45. The monoisotopic (exact) mass is 214 g/mol. The summed E-state index contributed by atoms with van der Waals surface area (Å²) in [6, 6.07) is 0.748. The molecule has 3 heteroatoms. The van der Waals surface area contributed by atoms with Crippen molar-refractivity contribution >= 4 is 0 Å². The van der Waals surface area contributed by atoms with E-state index in [0.717, 1.165) is 25.7 Å². The van der Waals surface area contributed by atoms with Gasteiger partial charge in [0.25, 0.3) is 0 Å². The molecule has 0 aromatic carbocycles. The molecule has 2 N–H and O–H groups in total. The normalized spacial score (nSPS) is 23.6. The van der Waals surface area contributed by atoms with Crippen molar-refractivity contribution in [1.82, 2.24) is 4.90 Å². The third kappa shape index (κ3) is 4.09. The van der Waals surface area contributed by atoms with Gasteiger partial charge >= 0.3 is 0 Å². The van der Waals surface area contributed by atoms with Crippen molar-refractivity contribution < 1.29 is 4.74 Å². The average Bonchev–Trinajstić information content (AvgIpc) is 2.29. The number of nitrogens with two attached hydrogens (primary N) is 1. The molecular formula is C12H26N2O. The first-order chi connectivity index (χ1) is 7.31. The standard InChI is InChI=1S/C12H26N2O/c1-3-5-11(6-4-2)14-7-8-15-12(9-13)10-14/h11-12H,3-10,13H2,1-2H3. The van der Waals surface area contributed by atoms with Crippen LogP contribution in [0.25, 0.3) is 0 Å². The number of nitrogens with zero attached hydrogens (tertiary/aromatic N) is 1. The predicted octanol–water partition coefficient (Wildman–Crippen LogP) is 1.61. The highest BCUT2D eigenvalue weighted by atomic mass is 16.5. The van der Waals surface area contributed by atoms with Crippen molar-refractivity contribution in [2.45, 2.75) is 51.7 Å². The molecule has 0 aliphatic carbocycles. The SMILES string of the molecule is CCCC(CCC)N1CCOC(CN)C1. The number of morpholine rings is 1. The maximum atomic E-state index is 5.66. The highest BCUT2D eigenvalue weighted by molar-refractivity contribution is 4.78. The minimum absolute atomic E-state index is 0.259. The van der Waals surface area contributed by atoms with Gasteiger partial charge in [0.05, 0.1) is 12.7 Å². The Hall–Kier alpha value is -0.120. The number of hydrogen-bond acceptors (Lipinski definition) is 3. The molecule has 0 aromatic rings. The molecule has 1 fully saturated rings. The van der Waals surface area contributed by atoms with Crippen LogP contribution in [0.1, 0.15) is 39.5 Å². The number of hydrogen-bond donors (Lipinski definition) is 1. The van der Waals surface area contributed by atoms with Crippen LogP contribution in [0.2, 0.25) is 0 Å². The van der Waals surface area contributed by atoms with Gasteiger partial charge < -0.3 is 10.5 Å². The molecule has 90 valence electrons. The quantitative estimate of drug-likeness (QED) is 0.730. The zero-order valence-corrected chi connectivity index (χ0v) is 10.2. The highest BCUT2D eigenvalue weighted by Gasteiger charge is 2.24. The first kappa shape index (κ1) is 12.9. The summed E-state index contributed by atoms with van der Waals surface area (Å²) in [4.78, 5) is 2.58. The van der Waals surface area contributed by atoms with E-state index in [1.165, 1.54) is 25.7 Å². The molecule has 0 spiro atoms. The number of rotatable bonds is 6. The van der Waals surface area contributed by atoms with Gasteiger partial charge in [-0.1, -0.05) is 26.7 Å². The van der Waals surface area contributed by atoms with Crippen LogP contribution < -0.4 is 5.73 Å². The Balaban J connectivity index is 2.42. The van der Waals surface area contributed by atoms with Crippen LogP contribution in [0.5, 0.6) is 0 Å². The van der Waals surface area contributed by atoms with Crippen LogP contribution in [0.15, 0.2) is 0 Å². The average molecular weight is 214 g/mol. The van der Waals surface area contributed by atoms with E-state index in [0.29, 0.717) is 6.54 Å². The van der Waals surface area contributed by atoms with Crippen LogP contribution in [-0.4, -0.2) is 43.3 Å². The molecule has 0 radical (unpaired) electrons. The van der Waals surface area contributed by atoms with E-state index in [4.69, 9.17) is 10.5 Å². The molecule has 1 rings (SSSR count). The maximum Gasteiger partial charge on any atom is 0.0824 e. The fourth-order valence-electron chi connectivity index (χ4n) is 2.39. The predicted molar refractivity (Wildman–Crippen MR) is 64.0 cm³/mol. The summed E-state index contributed by atoms with van der Waals surface area (Å²) < 4.78 is 5.60. The third-order valence-corrected chi connectivity index (χ3v) is 3.19. The summed E-state index contributed by atoms with van der Waals surface area (Å²) in [5.41, 5.74) is 5.66. The van der Waals surface area contributed by atoms with Crippen LogP contribution in [0.4, 0.5) is 0 Å². The van der Waals surface area contributed by atoms with Gasteiger partial charge in [0.15, 0.2) is 0 Å². The summed E-state index contributed by atoms with van der Waals surface area (Å²) in [6.45, 7) is 8.16. The summed E-state index contributed by atoms with van der Waals surface area (Å²) in [6.07, 6.45) is 5.43. The minimum Gasteiger partial charge on any atom is -0.374 e. The van der Waals surface area contributed by atoms with E-state index in [2.05, 4.69) is 18.7 Å². The Labute approximate surface area is 94.0 Å². The third-order valence-electron chi connectivity index (χ3n) is 3.19. The van der Waals surface area contributed by atoms with Crippen LogP contribution in [0, 0.1) is 0 Å². The molecule has 1 aliphatic heterocycles. The molecule has 0 bridgehead atoms. The minimum atomic E-state index is 0.259. The van der Waals surface area contributed by atoms with Gasteiger partial charge in [0, 0.05) is 25.7 Å². The molecule has 1 unspecified atom stereocenters. The Morgan fingerprint density at radius 1 is 1.33 bits per heavy atom. The fraction of sp³-hybridized carbons (Fsp3) is 1.00. The van der Waals surface area contributed by atoms with E-state index < -0.39 is 0 Å². The van der Waals surface area contributed by atoms with Crippen molar-refractivity contribution in [1.29, 1.82) is 0 Å². The molecule has 1 heterocycles. The number of ether oxygens (including phenoxy) is 1. The smallest absolute Gasteiger partial charge is 0.0824 e. The van der Waals surface area contributed by atoms with E-state index in [-0.39, 0.29) is 6.10 Å². The highest BCUT2D eigenvalue weighted by Crippen LogP contribution is 2.16. The van der Waals surface area contributed by atoms with Gasteiger partial charge in [-0.05, 0) is 12.8 Å². The Bertz CT molecular complexity index is 158. The lowest BCUT2D eigenvalue weighted by atomic mass is 10.0. The molecule has 0 amide bonds. The van der Waals surface area contributed by atoms with Crippen LogP contribution in [-0.2, 0) is 4.74 Å². The van der Waals surface area contributed by atoms with Crippen molar-refractivity contribution in [2.24, 2.45) is 5.73 Å². The van der Waals surface area contributed by atoms with Gasteiger partial charge in [-0.3, -0.25) is 4.90 Å². The molecule has 0 aromatic heterocycles. The lowest BCUT2D eigenvalue weighted by Gasteiger charge is -2.38. The zero-order valence-electron chi connectivity index (χ0n) is 10.2. The zero-order chi connectivity index (χ0) is 11.1. The van der Waals surface area contributed by atoms with Gasteiger partial charge in [0.1, 0.15) is 0 Å². The van der Waals surface area contributed by atoms with Gasteiger partial charge in [0.2, 0.25) is 0 Å². The molecule has 15 heavy (non-hydrogen) atoms. The van der Waals surface area contributed by atoms with Crippen molar-refractivity contribution in [3.8, 4) is 0 Å². The van der Waals surface area contributed by atoms with Crippen LogP contribution >= 0.6 is 0 Å². The maximum absolute atomic E-state index is 5.66. The molecule has 0 saturated carbocycles. The van der Waals surface area contributed by atoms with E-state index in [9.17, 15) is 0 Å².